The van der Waals surface area contributed by atoms with Gasteiger partial charge in [0.15, 0.2) is 0 Å². The predicted molar refractivity (Wildman–Crippen MR) is 93.1 cm³/mol. The molecule has 118 valence electrons. The molecule has 23 heavy (non-hydrogen) atoms. The van der Waals surface area contributed by atoms with Crippen LogP contribution in [0.5, 0.6) is 0 Å². The van der Waals surface area contributed by atoms with Gasteiger partial charge in [0.2, 0.25) is 0 Å². The van der Waals surface area contributed by atoms with Crippen LogP contribution in [-0.2, 0) is 0 Å². The molecule has 0 aromatic heterocycles. The van der Waals surface area contributed by atoms with Crippen molar-refractivity contribution in [3.8, 4) is 0 Å². The van der Waals surface area contributed by atoms with Crippen LogP contribution in [0.1, 0.15) is 29.8 Å². The van der Waals surface area contributed by atoms with E-state index in [1.165, 1.54) is 0 Å². The van der Waals surface area contributed by atoms with Crippen LogP contribution < -0.4 is 0 Å². The molecule has 0 spiro atoms. The van der Waals surface area contributed by atoms with Gasteiger partial charge in [0.05, 0.1) is 11.3 Å². The van der Waals surface area contributed by atoms with Crippen LogP contribution in [0.25, 0.3) is 0 Å². The van der Waals surface area contributed by atoms with Gasteiger partial charge in [0, 0.05) is 28.4 Å². The second kappa shape index (κ2) is 6.46. The highest BCUT2D eigenvalue weighted by Gasteiger charge is 2.21. The third-order valence-corrected chi connectivity index (χ3v) is 4.98. The van der Waals surface area contributed by atoms with Crippen molar-refractivity contribution in [2.24, 2.45) is 4.99 Å². The third kappa shape index (κ3) is 2.97. The lowest BCUT2D eigenvalue weighted by Crippen LogP contribution is -2.31. The Morgan fingerprint density at radius 1 is 1.13 bits per heavy atom. The number of nitrogens with zero attached hydrogens (tertiary/aromatic N) is 2. The molecule has 0 saturated heterocycles. The molecule has 1 N–H and O–H groups in total. The average molecular weight is 326 g/mol. The Bertz CT molecular complexity index is 782. The summed E-state index contributed by atoms with van der Waals surface area (Å²) in [5.74, 6) is -0.0291. The highest BCUT2D eigenvalue weighted by atomic mass is 32.2. The summed E-state index contributed by atoms with van der Waals surface area (Å²) in [5.41, 5.74) is 2.07. The van der Waals surface area contributed by atoms with Crippen molar-refractivity contribution in [1.82, 2.24) is 4.90 Å². The summed E-state index contributed by atoms with van der Waals surface area (Å²) in [6, 6.07) is 13.3. The van der Waals surface area contributed by atoms with E-state index < -0.39 is 5.97 Å². The first-order valence-corrected chi connectivity index (χ1v) is 8.44. The molecule has 0 radical (unpaired) electrons. The summed E-state index contributed by atoms with van der Waals surface area (Å²) in [6.45, 7) is 5.90. The van der Waals surface area contributed by atoms with Crippen molar-refractivity contribution in [1.29, 1.82) is 0 Å². The summed E-state index contributed by atoms with van der Waals surface area (Å²) in [4.78, 5) is 20.4. The van der Waals surface area contributed by atoms with E-state index in [-0.39, 0.29) is 5.56 Å². The van der Waals surface area contributed by atoms with E-state index in [0.717, 1.165) is 34.3 Å². The van der Waals surface area contributed by atoms with Crippen LogP contribution in [0.2, 0.25) is 0 Å². The maximum absolute atomic E-state index is 11.3. The zero-order valence-corrected chi connectivity index (χ0v) is 13.9. The van der Waals surface area contributed by atoms with E-state index in [1.807, 2.05) is 18.2 Å². The number of carboxylic acid groups (broad SMARTS) is 1. The summed E-state index contributed by atoms with van der Waals surface area (Å²) >= 11 is 1.63. The second-order valence-electron chi connectivity index (χ2n) is 5.19. The van der Waals surface area contributed by atoms with E-state index in [2.05, 4.69) is 30.9 Å². The van der Waals surface area contributed by atoms with Gasteiger partial charge in [-0.1, -0.05) is 30.0 Å². The molecule has 4 nitrogen and oxygen atoms in total. The fourth-order valence-electron chi connectivity index (χ4n) is 2.62. The molecular weight excluding hydrogens is 308 g/mol. The molecule has 1 aliphatic rings. The SMILES string of the molecule is CCN(CC)C1=Nc2cc(C(=O)O)ccc2Sc2ccccc21. The van der Waals surface area contributed by atoms with E-state index in [9.17, 15) is 9.90 Å². The lowest BCUT2D eigenvalue weighted by atomic mass is 10.1. The van der Waals surface area contributed by atoms with E-state index in [1.54, 1.807) is 23.9 Å². The van der Waals surface area contributed by atoms with Gasteiger partial charge < -0.3 is 10.0 Å². The molecule has 0 atom stereocenters. The predicted octanol–water partition coefficient (Wildman–Crippen LogP) is 4.27. The first-order chi connectivity index (χ1) is 11.1. The monoisotopic (exact) mass is 326 g/mol. The Morgan fingerprint density at radius 3 is 2.57 bits per heavy atom. The lowest BCUT2D eigenvalue weighted by molar-refractivity contribution is 0.0697. The van der Waals surface area contributed by atoms with Crippen LogP contribution in [0, 0.1) is 0 Å². The Hall–Kier alpha value is -2.27. The van der Waals surface area contributed by atoms with Crippen molar-refractivity contribution in [2.75, 3.05) is 13.1 Å². The van der Waals surface area contributed by atoms with Gasteiger partial charge in [-0.2, -0.15) is 0 Å². The molecule has 3 rings (SSSR count). The van der Waals surface area contributed by atoms with E-state index in [0.29, 0.717) is 5.69 Å². The van der Waals surface area contributed by atoms with Gasteiger partial charge in [-0.3, -0.25) is 0 Å². The molecule has 2 aromatic carbocycles. The number of carboxylic acids is 1. The quantitative estimate of drug-likeness (QED) is 0.915. The number of aromatic carboxylic acids is 1. The zero-order valence-electron chi connectivity index (χ0n) is 13.1. The Balaban J connectivity index is 2.22. The Kier molecular flexibility index (Phi) is 4.39. The van der Waals surface area contributed by atoms with Gasteiger partial charge in [-0.05, 0) is 38.1 Å². The fourth-order valence-corrected chi connectivity index (χ4v) is 3.62. The topological polar surface area (TPSA) is 52.9 Å². The zero-order chi connectivity index (χ0) is 16.4. The molecular formula is C18H18N2O2S. The van der Waals surface area contributed by atoms with Crippen molar-refractivity contribution in [3.05, 3.63) is 53.6 Å². The first-order valence-electron chi connectivity index (χ1n) is 7.62. The second-order valence-corrected chi connectivity index (χ2v) is 6.28. The molecule has 0 bridgehead atoms. The molecule has 0 saturated carbocycles. The maximum atomic E-state index is 11.3. The minimum Gasteiger partial charge on any atom is -0.478 e. The van der Waals surface area contributed by atoms with E-state index >= 15 is 0 Å². The van der Waals surface area contributed by atoms with Crippen LogP contribution in [-0.4, -0.2) is 34.9 Å². The number of hydrogen-bond donors (Lipinski definition) is 1. The number of fused-ring (bicyclic) bond motifs is 2. The number of rotatable bonds is 3. The van der Waals surface area contributed by atoms with Gasteiger partial charge in [-0.25, -0.2) is 9.79 Å². The first kappa shape index (κ1) is 15.6. The fraction of sp³-hybridized carbons (Fsp3) is 0.222. The average Bonchev–Trinajstić information content (AvgIpc) is 2.72. The standard InChI is InChI=1S/C18H18N2O2S/c1-3-20(4-2)17-13-7-5-6-8-15(13)23-16-10-9-12(18(21)22)11-14(16)19-17/h5-11H,3-4H2,1-2H3,(H,21,22). The van der Waals surface area contributed by atoms with Crippen LogP contribution in [0.3, 0.4) is 0 Å². The molecule has 0 amide bonds. The number of amidine groups is 1. The number of hydrogen-bond acceptors (Lipinski definition) is 4. The largest absolute Gasteiger partial charge is 0.478 e. The maximum Gasteiger partial charge on any atom is 0.335 e. The van der Waals surface area contributed by atoms with E-state index in [4.69, 9.17) is 4.99 Å². The Morgan fingerprint density at radius 2 is 1.87 bits per heavy atom. The number of carbonyl (C=O) groups is 1. The summed E-state index contributed by atoms with van der Waals surface area (Å²) < 4.78 is 0. The van der Waals surface area contributed by atoms with Gasteiger partial charge >= 0.3 is 5.97 Å². The summed E-state index contributed by atoms with van der Waals surface area (Å²) in [7, 11) is 0. The lowest BCUT2D eigenvalue weighted by Gasteiger charge is -2.23. The Labute approximate surface area is 139 Å². The van der Waals surface area contributed by atoms with Crippen molar-refractivity contribution in [3.63, 3.8) is 0 Å². The molecule has 1 aliphatic heterocycles. The van der Waals surface area contributed by atoms with Crippen LogP contribution in [0.4, 0.5) is 5.69 Å². The molecule has 1 heterocycles. The molecule has 0 unspecified atom stereocenters. The smallest absolute Gasteiger partial charge is 0.335 e. The minimum atomic E-state index is -0.931. The summed E-state index contributed by atoms with van der Waals surface area (Å²) in [5, 5.41) is 9.23. The molecule has 5 heteroatoms. The molecule has 2 aromatic rings. The highest BCUT2D eigenvalue weighted by Crippen LogP contribution is 2.41. The van der Waals surface area contributed by atoms with Gasteiger partial charge in [-0.15, -0.1) is 0 Å². The van der Waals surface area contributed by atoms with Crippen molar-refractivity contribution in [2.45, 2.75) is 23.6 Å². The van der Waals surface area contributed by atoms with Crippen LogP contribution in [0.15, 0.2) is 57.2 Å². The van der Waals surface area contributed by atoms with Gasteiger partial charge in [0.25, 0.3) is 0 Å². The highest BCUT2D eigenvalue weighted by molar-refractivity contribution is 7.99. The number of aliphatic imine (C=N–C) groups is 1. The molecule has 0 aliphatic carbocycles. The number of benzene rings is 2. The minimum absolute atomic E-state index is 0.262. The summed E-state index contributed by atoms with van der Waals surface area (Å²) in [6.07, 6.45) is 0. The third-order valence-electron chi connectivity index (χ3n) is 3.84. The molecule has 0 fully saturated rings. The van der Waals surface area contributed by atoms with Gasteiger partial charge in [0.1, 0.15) is 5.84 Å². The van der Waals surface area contributed by atoms with Crippen molar-refractivity contribution < 1.29 is 9.90 Å². The van der Waals surface area contributed by atoms with Crippen molar-refractivity contribution >= 4 is 29.3 Å². The normalized spacial score (nSPS) is 12.7. The van der Waals surface area contributed by atoms with Crippen LogP contribution >= 0.6 is 11.8 Å².